The molecule has 0 saturated heterocycles. The fourth-order valence-corrected chi connectivity index (χ4v) is 2.32. The van der Waals surface area contributed by atoms with Gasteiger partial charge >= 0.3 is 0 Å². The van der Waals surface area contributed by atoms with Crippen molar-refractivity contribution in [1.82, 2.24) is 5.32 Å². The quantitative estimate of drug-likeness (QED) is 0.866. The molecule has 1 aromatic rings. The Labute approximate surface area is 110 Å². The normalized spacial score (nSPS) is 15.4. The summed E-state index contributed by atoms with van der Waals surface area (Å²) in [6.07, 6.45) is -0.0886. The summed E-state index contributed by atoms with van der Waals surface area (Å²) in [6, 6.07) is 6.75. The van der Waals surface area contributed by atoms with Crippen LogP contribution in [0.25, 0.3) is 0 Å². The topological polar surface area (TPSA) is 21.3 Å². The van der Waals surface area contributed by atoms with Gasteiger partial charge in [0.1, 0.15) is 5.82 Å². The van der Waals surface area contributed by atoms with Gasteiger partial charge in [-0.1, -0.05) is 45.9 Å². The Morgan fingerprint density at radius 1 is 1.28 bits per heavy atom. The molecule has 2 atom stereocenters. The number of hydrogen-bond donors (Lipinski definition) is 1. The maximum Gasteiger partial charge on any atom is 0.128 e. The van der Waals surface area contributed by atoms with E-state index in [-0.39, 0.29) is 23.4 Å². The highest BCUT2D eigenvalue weighted by Gasteiger charge is 2.34. The van der Waals surface area contributed by atoms with Crippen molar-refractivity contribution in [3.05, 3.63) is 35.6 Å². The van der Waals surface area contributed by atoms with Crippen molar-refractivity contribution in [2.45, 2.75) is 39.8 Å². The molecule has 0 aliphatic carbocycles. The third-order valence-corrected chi connectivity index (χ3v) is 3.07. The second-order valence-corrected chi connectivity index (χ2v) is 5.58. The van der Waals surface area contributed by atoms with Crippen LogP contribution in [0.4, 0.5) is 4.39 Å². The predicted molar refractivity (Wildman–Crippen MR) is 73.1 cm³/mol. The molecule has 0 heterocycles. The molecule has 2 nitrogen and oxygen atoms in total. The van der Waals surface area contributed by atoms with Gasteiger partial charge in [0, 0.05) is 12.7 Å². The van der Waals surface area contributed by atoms with Crippen molar-refractivity contribution in [1.29, 1.82) is 0 Å². The Morgan fingerprint density at radius 3 is 2.33 bits per heavy atom. The average molecular weight is 253 g/mol. The third kappa shape index (κ3) is 3.53. The lowest BCUT2D eigenvalue weighted by molar-refractivity contribution is -0.0123. The van der Waals surface area contributed by atoms with Crippen molar-refractivity contribution in [2.24, 2.45) is 5.41 Å². The lowest BCUT2D eigenvalue weighted by Crippen LogP contribution is -2.41. The molecule has 0 aromatic heterocycles. The van der Waals surface area contributed by atoms with Gasteiger partial charge < -0.3 is 10.1 Å². The summed E-state index contributed by atoms with van der Waals surface area (Å²) in [5.74, 6) is -0.185. The first kappa shape index (κ1) is 15.1. The van der Waals surface area contributed by atoms with Gasteiger partial charge in [0.15, 0.2) is 0 Å². The smallest absolute Gasteiger partial charge is 0.128 e. The van der Waals surface area contributed by atoms with Gasteiger partial charge in [-0.15, -0.1) is 0 Å². The number of nitrogens with one attached hydrogen (secondary N) is 1. The van der Waals surface area contributed by atoms with Crippen LogP contribution in [-0.4, -0.2) is 19.8 Å². The largest absolute Gasteiger partial charge is 0.379 e. The Kier molecular flexibility index (Phi) is 5.29. The fourth-order valence-electron chi connectivity index (χ4n) is 2.32. The van der Waals surface area contributed by atoms with Gasteiger partial charge in [-0.05, 0) is 18.0 Å². The molecule has 0 saturated carbocycles. The summed E-state index contributed by atoms with van der Waals surface area (Å²) in [4.78, 5) is 0. The predicted octanol–water partition coefficient (Wildman–Crippen LogP) is 3.54. The van der Waals surface area contributed by atoms with E-state index >= 15 is 0 Å². The van der Waals surface area contributed by atoms with E-state index in [0.717, 1.165) is 6.54 Å². The van der Waals surface area contributed by atoms with E-state index in [4.69, 9.17) is 4.74 Å². The van der Waals surface area contributed by atoms with Crippen LogP contribution < -0.4 is 5.32 Å². The molecule has 0 bridgehead atoms. The molecule has 2 unspecified atom stereocenters. The zero-order chi connectivity index (χ0) is 13.8. The molecule has 1 aromatic carbocycles. The van der Waals surface area contributed by atoms with Crippen LogP contribution in [-0.2, 0) is 4.74 Å². The van der Waals surface area contributed by atoms with Gasteiger partial charge in [0.25, 0.3) is 0 Å². The first-order valence-electron chi connectivity index (χ1n) is 6.42. The highest BCUT2D eigenvalue weighted by Crippen LogP contribution is 2.33. The lowest BCUT2D eigenvalue weighted by Gasteiger charge is -2.36. The van der Waals surface area contributed by atoms with Crippen LogP contribution >= 0.6 is 0 Å². The van der Waals surface area contributed by atoms with Crippen LogP contribution in [0.5, 0.6) is 0 Å². The van der Waals surface area contributed by atoms with Crippen molar-refractivity contribution in [3.8, 4) is 0 Å². The van der Waals surface area contributed by atoms with Crippen molar-refractivity contribution < 1.29 is 9.13 Å². The Balaban J connectivity index is 3.13. The van der Waals surface area contributed by atoms with Gasteiger partial charge in [0.2, 0.25) is 0 Å². The average Bonchev–Trinajstić information content (AvgIpc) is 2.28. The van der Waals surface area contributed by atoms with E-state index in [1.165, 1.54) is 6.07 Å². The molecule has 0 amide bonds. The molecule has 0 fully saturated rings. The minimum atomic E-state index is -0.185. The monoisotopic (exact) mass is 253 g/mol. The molecule has 1 rings (SSSR count). The maximum atomic E-state index is 14.0. The molecule has 0 aliphatic heterocycles. The Morgan fingerprint density at radius 2 is 1.89 bits per heavy atom. The van der Waals surface area contributed by atoms with E-state index in [1.807, 2.05) is 19.1 Å². The Hall–Kier alpha value is -0.930. The molecule has 102 valence electrons. The first-order chi connectivity index (χ1) is 8.41. The second kappa shape index (κ2) is 6.30. The number of likely N-dealkylation sites (N-methyl/N-ethyl adjacent to an activating group) is 1. The van der Waals surface area contributed by atoms with Crippen LogP contribution in [0.3, 0.4) is 0 Å². The van der Waals surface area contributed by atoms with Crippen LogP contribution in [0.2, 0.25) is 0 Å². The number of hydrogen-bond acceptors (Lipinski definition) is 2. The first-order valence-corrected chi connectivity index (χ1v) is 6.42. The van der Waals surface area contributed by atoms with Crippen LogP contribution in [0, 0.1) is 11.2 Å². The van der Waals surface area contributed by atoms with E-state index in [9.17, 15) is 4.39 Å². The van der Waals surface area contributed by atoms with Crippen LogP contribution in [0.1, 0.15) is 39.3 Å². The SMILES string of the molecule is CCNC(c1ccccc1F)C(OC)C(C)(C)C. The van der Waals surface area contributed by atoms with E-state index in [0.29, 0.717) is 5.56 Å². The second-order valence-electron chi connectivity index (χ2n) is 5.58. The molecular weight excluding hydrogens is 229 g/mol. The van der Waals surface area contributed by atoms with Gasteiger partial charge in [-0.25, -0.2) is 4.39 Å². The Bertz CT molecular complexity index is 373. The van der Waals surface area contributed by atoms with Crippen LogP contribution in [0.15, 0.2) is 24.3 Å². The summed E-state index contributed by atoms with van der Waals surface area (Å²) in [5, 5.41) is 3.33. The zero-order valence-corrected chi connectivity index (χ0v) is 12.0. The molecule has 0 aliphatic rings. The highest BCUT2D eigenvalue weighted by atomic mass is 19.1. The van der Waals surface area contributed by atoms with E-state index in [1.54, 1.807) is 13.2 Å². The van der Waals surface area contributed by atoms with Crippen molar-refractivity contribution >= 4 is 0 Å². The lowest BCUT2D eigenvalue weighted by atomic mass is 9.82. The van der Waals surface area contributed by atoms with Crippen molar-refractivity contribution in [2.75, 3.05) is 13.7 Å². The summed E-state index contributed by atoms with van der Waals surface area (Å²) in [5.41, 5.74) is 0.602. The number of methoxy groups -OCH3 is 1. The number of rotatable bonds is 5. The molecule has 0 spiro atoms. The fraction of sp³-hybridized carbons (Fsp3) is 0.600. The van der Waals surface area contributed by atoms with E-state index < -0.39 is 0 Å². The summed E-state index contributed by atoms with van der Waals surface area (Å²) in [6.45, 7) is 9.10. The number of halogens is 1. The van der Waals surface area contributed by atoms with E-state index in [2.05, 4.69) is 26.1 Å². The van der Waals surface area contributed by atoms with Gasteiger partial charge in [0.05, 0.1) is 12.1 Å². The number of ether oxygens (including phenoxy) is 1. The zero-order valence-electron chi connectivity index (χ0n) is 12.0. The third-order valence-electron chi connectivity index (χ3n) is 3.07. The summed E-state index contributed by atoms with van der Waals surface area (Å²) < 4.78 is 19.6. The van der Waals surface area contributed by atoms with Crippen molar-refractivity contribution in [3.63, 3.8) is 0 Å². The maximum absolute atomic E-state index is 14.0. The van der Waals surface area contributed by atoms with Gasteiger partial charge in [-0.3, -0.25) is 0 Å². The summed E-state index contributed by atoms with van der Waals surface area (Å²) >= 11 is 0. The molecule has 3 heteroatoms. The summed E-state index contributed by atoms with van der Waals surface area (Å²) in [7, 11) is 1.68. The highest BCUT2D eigenvalue weighted by molar-refractivity contribution is 5.23. The standard InChI is InChI=1S/C15H24FNO/c1-6-17-13(14(18-5)15(2,3)4)11-9-7-8-10-12(11)16/h7-10,13-14,17H,6H2,1-5H3. The molecule has 18 heavy (non-hydrogen) atoms. The number of benzene rings is 1. The molecule has 1 N–H and O–H groups in total. The molecular formula is C15H24FNO. The minimum absolute atomic E-state index is 0.0656. The minimum Gasteiger partial charge on any atom is -0.379 e. The van der Waals surface area contributed by atoms with Gasteiger partial charge in [-0.2, -0.15) is 0 Å². The molecule has 0 radical (unpaired) electrons.